The molecule has 1 aliphatic rings. The highest BCUT2D eigenvalue weighted by atomic mass is 16.3. The molecule has 0 radical (unpaired) electrons. The number of amides is 2. The van der Waals surface area contributed by atoms with Crippen molar-refractivity contribution < 1.29 is 9.90 Å². The molecular weight excluding hydrogens is 376 g/mol. The van der Waals surface area contributed by atoms with Crippen LogP contribution in [-0.2, 0) is 0 Å². The maximum atomic E-state index is 12.6. The SMILES string of the molecule is CCNCCC(O)CN1CCC(NC(=O)Nc2ccccc2-c2ccccc2)CC1. The van der Waals surface area contributed by atoms with E-state index in [4.69, 9.17) is 0 Å². The fourth-order valence-corrected chi connectivity index (χ4v) is 3.90. The lowest BCUT2D eigenvalue weighted by atomic mass is 10.0. The van der Waals surface area contributed by atoms with Gasteiger partial charge in [-0.3, -0.25) is 0 Å². The van der Waals surface area contributed by atoms with E-state index in [2.05, 4.69) is 27.8 Å². The molecule has 2 amide bonds. The Balaban J connectivity index is 1.45. The molecule has 162 valence electrons. The van der Waals surface area contributed by atoms with Crippen LogP contribution in [-0.4, -0.2) is 60.9 Å². The minimum Gasteiger partial charge on any atom is -0.392 e. The van der Waals surface area contributed by atoms with Crippen LogP contribution >= 0.6 is 0 Å². The van der Waals surface area contributed by atoms with Crippen LogP contribution in [0.3, 0.4) is 0 Å². The summed E-state index contributed by atoms with van der Waals surface area (Å²) < 4.78 is 0. The molecule has 1 fully saturated rings. The van der Waals surface area contributed by atoms with E-state index in [1.165, 1.54) is 0 Å². The van der Waals surface area contributed by atoms with Gasteiger partial charge in [-0.2, -0.15) is 0 Å². The third-order valence-electron chi connectivity index (χ3n) is 5.56. The third kappa shape index (κ3) is 6.83. The zero-order valence-corrected chi connectivity index (χ0v) is 17.8. The Morgan fingerprint density at radius 2 is 1.80 bits per heavy atom. The van der Waals surface area contributed by atoms with Crippen molar-refractivity contribution in [2.45, 2.75) is 38.3 Å². The number of aliphatic hydroxyl groups excluding tert-OH is 1. The molecule has 0 bridgehead atoms. The van der Waals surface area contributed by atoms with Crippen molar-refractivity contribution in [2.75, 3.05) is 38.0 Å². The quantitative estimate of drug-likeness (QED) is 0.479. The van der Waals surface area contributed by atoms with Crippen LogP contribution in [0.2, 0.25) is 0 Å². The van der Waals surface area contributed by atoms with Crippen LogP contribution in [0.15, 0.2) is 54.6 Å². The number of para-hydroxylation sites is 1. The Labute approximate surface area is 179 Å². The van der Waals surface area contributed by atoms with Crippen molar-refractivity contribution in [1.82, 2.24) is 15.5 Å². The Hall–Kier alpha value is -2.41. The third-order valence-corrected chi connectivity index (χ3v) is 5.56. The average molecular weight is 411 g/mol. The van der Waals surface area contributed by atoms with E-state index in [-0.39, 0.29) is 18.2 Å². The second-order valence-corrected chi connectivity index (χ2v) is 7.88. The summed E-state index contributed by atoms with van der Waals surface area (Å²) in [4.78, 5) is 14.9. The van der Waals surface area contributed by atoms with Gasteiger partial charge in [0.15, 0.2) is 0 Å². The first-order valence-corrected chi connectivity index (χ1v) is 11.0. The highest BCUT2D eigenvalue weighted by Crippen LogP contribution is 2.27. The van der Waals surface area contributed by atoms with Crippen LogP contribution < -0.4 is 16.0 Å². The van der Waals surface area contributed by atoms with Crippen molar-refractivity contribution in [1.29, 1.82) is 0 Å². The second-order valence-electron chi connectivity index (χ2n) is 7.88. The lowest BCUT2D eigenvalue weighted by molar-refractivity contribution is 0.0893. The number of nitrogens with one attached hydrogen (secondary N) is 3. The molecule has 4 N–H and O–H groups in total. The topological polar surface area (TPSA) is 76.6 Å². The Kier molecular flexibility index (Phi) is 8.68. The summed E-state index contributed by atoms with van der Waals surface area (Å²) in [5, 5.41) is 19.5. The van der Waals surface area contributed by atoms with Gasteiger partial charge in [0, 0.05) is 31.2 Å². The first-order chi connectivity index (χ1) is 14.7. The number of aliphatic hydroxyl groups is 1. The zero-order chi connectivity index (χ0) is 21.2. The second kappa shape index (κ2) is 11.7. The highest BCUT2D eigenvalue weighted by Gasteiger charge is 2.22. The highest BCUT2D eigenvalue weighted by molar-refractivity contribution is 5.94. The van der Waals surface area contributed by atoms with E-state index in [1.807, 2.05) is 54.6 Å². The van der Waals surface area contributed by atoms with E-state index in [0.717, 1.165) is 62.3 Å². The largest absolute Gasteiger partial charge is 0.392 e. The summed E-state index contributed by atoms with van der Waals surface area (Å²) in [7, 11) is 0. The number of carbonyl (C=O) groups is 1. The molecule has 0 saturated carbocycles. The van der Waals surface area contributed by atoms with Gasteiger partial charge in [0.1, 0.15) is 0 Å². The molecule has 1 saturated heterocycles. The number of nitrogens with zero attached hydrogens (tertiary/aromatic N) is 1. The summed E-state index contributed by atoms with van der Waals surface area (Å²) in [6, 6.07) is 17.9. The molecule has 2 aromatic rings. The van der Waals surface area contributed by atoms with E-state index in [0.29, 0.717) is 6.54 Å². The number of hydrogen-bond donors (Lipinski definition) is 4. The first-order valence-electron chi connectivity index (χ1n) is 11.0. The number of piperidine rings is 1. The predicted molar refractivity (Wildman–Crippen MR) is 123 cm³/mol. The fraction of sp³-hybridized carbons (Fsp3) is 0.458. The first kappa shape index (κ1) is 22.3. The number of benzene rings is 2. The summed E-state index contributed by atoms with van der Waals surface area (Å²) in [5.41, 5.74) is 2.89. The summed E-state index contributed by atoms with van der Waals surface area (Å²) >= 11 is 0. The lowest BCUT2D eigenvalue weighted by Crippen LogP contribution is -2.47. The summed E-state index contributed by atoms with van der Waals surface area (Å²) in [6.45, 7) is 6.34. The number of hydrogen-bond acceptors (Lipinski definition) is 4. The van der Waals surface area contributed by atoms with E-state index in [1.54, 1.807) is 0 Å². The summed E-state index contributed by atoms with van der Waals surface area (Å²) in [6.07, 6.45) is 2.27. The smallest absolute Gasteiger partial charge is 0.319 e. The van der Waals surface area contributed by atoms with Gasteiger partial charge in [-0.25, -0.2) is 4.79 Å². The number of urea groups is 1. The van der Waals surface area contributed by atoms with Crippen molar-refractivity contribution >= 4 is 11.7 Å². The molecule has 6 heteroatoms. The number of β-amino-alcohol motifs (C(OH)–C–C–N with tert-alkyl or cyclic N) is 1. The van der Waals surface area contributed by atoms with Gasteiger partial charge in [-0.15, -0.1) is 0 Å². The minimum atomic E-state index is -0.300. The Bertz CT molecular complexity index is 776. The molecule has 6 nitrogen and oxygen atoms in total. The van der Waals surface area contributed by atoms with Gasteiger partial charge in [0.05, 0.1) is 11.8 Å². The van der Waals surface area contributed by atoms with Crippen molar-refractivity contribution in [2.24, 2.45) is 0 Å². The molecule has 0 aliphatic carbocycles. The van der Waals surface area contributed by atoms with Crippen molar-refractivity contribution in [3.63, 3.8) is 0 Å². The van der Waals surface area contributed by atoms with E-state index in [9.17, 15) is 9.90 Å². The lowest BCUT2D eigenvalue weighted by Gasteiger charge is -2.33. The molecule has 1 atom stereocenters. The zero-order valence-electron chi connectivity index (χ0n) is 17.8. The monoisotopic (exact) mass is 410 g/mol. The summed E-state index contributed by atoms with van der Waals surface area (Å²) in [5.74, 6) is 0. The average Bonchev–Trinajstić information content (AvgIpc) is 2.76. The maximum absolute atomic E-state index is 12.6. The minimum absolute atomic E-state index is 0.157. The van der Waals surface area contributed by atoms with Crippen LogP contribution in [0.5, 0.6) is 0 Å². The fourth-order valence-electron chi connectivity index (χ4n) is 3.90. The Morgan fingerprint density at radius 1 is 1.10 bits per heavy atom. The number of anilines is 1. The van der Waals surface area contributed by atoms with Crippen molar-refractivity contribution in [3.05, 3.63) is 54.6 Å². The van der Waals surface area contributed by atoms with Crippen molar-refractivity contribution in [3.8, 4) is 11.1 Å². The molecule has 2 aromatic carbocycles. The number of carbonyl (C=O) groups excluding carboxylic acids is 1. The normalized spacial score (nSPS) is 16.2. The molecule has 1 heterocycles. The van der Waals surface area contributed by atoms with Gasteiger partial charge in [0.2, 0.25) is 0 Å². The number of rotatable bonds is 9. The van der Waals surface area contributed by atoms with E-state index < -0.39 is 0 Å². The van der Waals surface area contributed by atoms with Gasteiger partial charge in [0.25, 0.3) is 0 Å². The van der Waals surface area contributed by atoms with Gasteiger partial charge in [-0.1, -0.05) is 55.5 Å². The Morgan fingerprint density at radius 3 is 2.53 bits per heavy atom. The van der Waals surface area contributed by atoms with Crippen LogP contribution in [0, 0.1) is 0 Å². The molecule has 0 aromatic heterocycles. The predicted octanol–water partition coefficient (Wildman–Crippen LogP) is 3.30. The molecule has 1 unspecified atom stereocenters. The van der Waals surface area contributed by atoms with Crippen LogP contribution in [0.25, 0.3) is 11.1 Å². The van der Waals surface area contributed by atoms with Gasteiger partial charge < -0.3 is 26.0 Å². The van der Waals surface area contributed by atoms with Crippen LogP contribution in [0.4, 0.5) is 10.5 Å². The van der Waals surface area contributed by atoms with Crippen LogP contribution in [0.1, 0.15) is 26.2 Å². The maximum Gasteiger partial charge on any atom is 0.319 e. The van der Waals surface area contributed by atoms with Gasteiger partial charge >= 0.3 is 6.03 Å². The number of likely N-dealkylation sites (tertiary alicyclic amines) is 1. The molecule has 0 spiro atoms. The standard InChI is InChI=1S/C24H34N4O2/c1-2-25-15-12-21(29)18-28-16-13-20(14-17-28)26-24(30)27-23-11-7-6-10-22(23)19-8-4-3-5-9-19/h3-11,20-21,25,29H,2,12-18H2,1H3,(H2,26,27,30). The van der Waals surface area contributed by atoms with E-state index >= 15 is 0 Å². The molecule has 3 rings (SSSR count). The van der Waals surface area contributed by atoms with Gasteiger partial charge in [-0.05, 0) is 44.0 Å². The molecule has 30 heavy (non-hydrogen) atoms. The molecular formula is C24H34N4O2. The molecule has 1 aliphatic heterocycles.